The van der Waals surface area contributed by atoms with Gasteiger partial charge in [-0.25, -0.2) is 0 Å². The van der Waals surface area contributed by atoms with Crippen molar-refractivity contribution in [1.82, 2.24) is 0 Å². The number of ether oxygens (including phenoxy) is 6. The summed E-state index contributed by atoms with van der Waals surface area (Å²) >= 11 is 0. The van der Waals surface area contributed by atoms with Crippen LogP contribution in [-0.2, 0) is 38.5 Å². The van der Waals surface area contributed by atoms with Gasteiger partial charge in [0.05, 0.1) is 74.9 Å². The van der Waals surface area contributed by atoms with Gasteiger partial charge in [0.25, 0.3) is 0 Å². The lowest BCUT2D eigenvalue weighted by molar-refractivity contribution is 0.438. The van der Waals surface area contributed by atoms with Crippen LogP contribution in [0.2, 0.25) is 0 Å². The topological polar surface area (TPSA) is 291 Å². The molecule has 0 saturated carbocycles. The Balaban J connectivity index is 0.992. The first-order valence-corrected chi connectivity index (χ1v) is 38.0. The first kappa shape index (κ1) is 72.2. The summed E-state index contributed by atoms with van der Waals surface area (Å²) in [7, 11) is -13.9. The second-order valence-corrected chi connectivity index (χ2v) is 29.8. The van der Waals surface area contributed by atoms with E-state index >= 15 is 0 Å². The van der Waals surface area contributed by atoms with E-state index in [1.165, 1.54) is 0 Å². The van der Waals surface area contributed by atoms with Crippen molar-refractivity contribution < 1.29 is 55.6 Å². The van der Waals surface area contributed by atoms with Crippen molar-refractivity contribution >= 4 is 23.0 Å². The molecular formula is C84H60N9O12P3. The predicted octanol–water partition coefficient (Wildman–Crippen LogP) is 23.5. The average molecular weight is 1480 g/mol. The maximum atomic E-state index is 9.35. The average Bonchev–Trinajstić information content (AvgIpc) is 0.729. The van der Waals surface area contributed by atoms with Crippen LogP contribution in [0.25, 0.3) is 0 Å². The molecule has 0 aromatic heterocycles. The van der Waals surface area contributed by atoms with Crippen LogP contribution in [0.3, 0.4) is 0 Å². The minimum absolute atomic E-state index is 0.166. The Labute approximate surface area is 623 Å². The van der Waals surface area contributed by atoms with E-state index in [9.17, 15) is 31.6 Å². The van der Waals surface area contributed by atoms with Gasteiger partial charge < -0.3 is 55.6 Å². The molecular weight excluding hydrogens is 1420 g/mol. The van der Waals surface area contributed by atoms with Crippen LogP contribution in [-0.4, -0.2) is 0 Å². The number of hydrogen-bond donors (Lipinski definition) is 0. The molecule has 0 spiro atoms. The predicted molar refractivity (Wildman–Crippen MR) is 405 cm³/mol. The van der Waals surface area contributed by atoms with Gasteiger partial charge in [-0.15, -0.1) is 0 Å². The number of benzene rings is 12. The molecule has 0 unspecified atom stereocenters. The van der Waals surface area contributed by atoms with Gasteiger partial charge in [0, 0.05) is 0 Å². The smallest absolute Gasteiger partial charge is 0.457 e. The van der Waals surface area contributed by atoms with E-state index in [2.05, 4.69) is 36.4 Å². The minimum atomic E-state index is -4.63. The van der Waals surface area contributed by atoms with Crippen LogP contribution >= 0.6 is 23.0 Å². The van der Waals surface area contributed by atoms with Gasteiger partial charge in [-0.1, -0.05) is 86.3 Å². The van der Waals surface area contributed by atoms with E-state index < -0.39 is 23.0 Å². The fraction of sp³-hybridized carbons (Fsp3) is 0.0714. The maximum Gasteiger partial charge on any atom is 0.460 e. The fourth-order valence-electron chi connectivity index (χ4n) is 10.4. The Hall–Kier alpha value is -14.1. The van der Waals surface area contributed by atoms with Crippen LogP contribution in [0.15, 0.2) is 305 Å². The van der Waals surface area contributed by atoms with Gasteiger partial charge in [0.2, 0.25) is 0 Å². The zero-order valence-electron chi connectivity index (χ0n) is 57.2. The molecule has 1 heterocycles. The zero-order valence-corrected chi connectivity index (χ0v) is 59.9. The standard InChI is InChI=1S/C84H60N9O12P3/c85-55-49-61-1-13-67(14-2-61)94-73-25-37-79(38-26-73)100-106(101-80-39-27-74(28-40-80)95-68-15-3-62(4-16-68)50-56-86)91-107(102-81-41-29-75(30-42-81)96-69-17-5-63(6-18-69)51-57-87,103-82-43-31-76(32-44-82)97-70-19-7-64(8-20-70)52-58-88)93-108(92-106,104-83-45-33-77(34-46-83)98-71-21-9-65(10-22-71)53-59-89)105-84-47-35-78(36-48-84)99-72-23-11-66(12-24-72)54-60-90/h1-48H,49-54H2. The van der Waals surface area contributed by atoms with Crippen molar-refractivity contribution in [3.63, 3.8) is 0 Å². The zero-order chi connectivity index (χ0) is 74.4. The number of nitrogens with zero attached hydrogens (tertiary/aromatic N) is 9. The van der Waals surface area contributed by atoms with Crippen LogP contribution in [0.5, 0.6) is 103 Å². The highest BCUT2D eigenvalue weighted by Crippen LogP contribution is 2.79. The van der Waals surface area contributed by atoms with Crippen molar-refractivity contribution in [2.75, 3.05) is 0 Å². The molecule has 0 N–H and O–H groups in total. The van der Waals surface area contributed by atoms with E-state index in [1.54, 1.807) is 218 Å². The Morgan fingerprint density at radius 1 is 0.167 bits per heavy atom. The number of nitriles is 6. The molecule has 0 saturated heterocycles. The summed E-state index contributed by atoms with van der Waals surface area (Å²) in [5.74, 6) is 6.61. The summed E-state index contributed by atoms with van der Waals surface area (Å²) in [6, 6.07) is 96.2. The second kappa shape index (κ2) is 34.4. The second-order valence-electron chi connectivity index (χ2n) is 23.6. The van der Waals surface area contributed by atoms with Crippen molar-refractivity contribution in [1.29, 1.82) is 31.6 Å². The lowest BCUT2D eigenvalue weighted by Crippen LogP contribution is -2.11. The first-order chi connectivity index (χ1) is 52.9. The molecule has 24 heteroatoms. The SMILES string of the molecule is N#CCc1ccc(Oc2ccc(OP3(Oc4ccc(Oc5ccc(CC#N)cc5)cc4)=NP(Oc4ccc(Oc5ccc(CC#N)cc5)cc4)(Oc4ccc(Oc5ccc(CC#N)cc5)cc4)=NP(Oc4ccc(Oc5ccc(CC#N)cc5)cc4)(Oc4ccc(Oc5ccc(CC#N)cc5)cc4)=N3)cc2)cc1. The molecule has 12 aromatic carbocycles. The Bertz CT molecular complexity index is 4660. The lowest BCUT2D eigenvalue weighted by Gasteiger charge is -2.33. The van der Waals surface area contributed by atoms with Crippen molar-refractivity contribution in [3.8, 4) is 140 Å². The van der Waals surface area contributed by atoms with Crippen LogP contribution in [0.1, 0.15) is 33.4 Å². The van der Waals surface area contributed by atoms with Crippen molar-refractivity contribution in [3.05, 3.63) is 325 Å². The monoisotopic (exact) mass is 1480 g/mol. The first-order valence-electron chi connectivity index (χ1n) is 33.4. The van der Waals surface area contributed by atoms with E-state index in [1.807, 2.05) is 72.8 Å². The van der Waals surface area contributed by atoms with Gasteiger partial charge in [0.1, 0.15) is 103 Å². The third-order valence-electron chi connectivity index (χ3n) is 15.6. The molecule has 1 aliphatic rings. The molecule has 12 aromatic rings. The third kappa shape index (κ3) is 19.8. The summed E-state index contributed by atoms with van der Waals surface area (Å²) in [6.07, 6.45) is 1.40. The van der Waals surface area contributed by atoms with Crippen LogP contribution < -0.4 is 55.6 Å². The van der Waals surface area contributed by atoms with Crippen LogP contribution in [0, 0.1) is 68.0 Å². The highest BCUT2D eigenvalue weighted by atomic mass is 31.3. The lowest BCUT2D eigenvalue weighted by atomic mass is 10.2. The maximum absolute atomic E-state index is 9.35. The van der Waals surface area contributed by atoms with E-state index in [0.717, 1.165) is 33.4 Å². The molecule has 0 atom stereocenters. The molecule has 0 fully saturated rings. The minimum Gasteiger partial charge on any atom is -0.457 e. The van der Waals surface area contributed by atoms with Crippen molar-refractivity contribution in [2.24, 2.45) is 13.5 Å². The molecule has 0 aliphatic carbocycles. The molecule has 528 valence electrons. The molecule has 0 bridgehead atoms. The third-order valence-corrected chi connectivity index (χ3v) is 23.7. The Morgan fingerprint density at radius 3 is 0.380 bits per heavy atom. The highest BCUT2D eigenvalue weighted by molar-refractivity contribution is 7.79. The molecule has 0 radical (unpaired) electrons. The van der Waals surface area contributed by atoms with E-state index in [-0.39, 0.29) is 73.0 Å². The van der Waals surface area contributed by atoms with Gasteiger partial charge in [-0.05, 0) is 252 Å². The summed E-state index contributed by atoms with van der Waals surface area (Å²) in [5.41, 5.74) is 4.94. The summed E-state index contributed by atoms with van der Waals surface area (Å²) < 4.78 is 98.0. The van der Waals surface area contributed by atoms with Crippen molar-refractivity contribution in [2.45, 2.75) is 38.5 Å². The molecule has 21 nitrogen and oxygen atoms in total. The summed E-state index contributed by atoms with van der Waals surface area (Å²) in [4.78, 5) is 0. The Kier molecular flexibility index (Phi) is 23.0. The summed E-state index contributed by atoms with van der Waals surface area (Å²) in [6.45, 7) is 0. The molecule has 108 heavy (non-hydrogen) atoms. The fourth-order valence-corrected chi connectivity index (χ4v) is 19.5. The van der Waals surface area contributed by atoms with Gasteiger partial charge in [-0.3, -0.25) is 0 Å². The molecule has 0 amide bonds. The largest absolute Gasteiger partial charge is 0.460 e. The number of hydrogen-bond acceptors (Lipinski definition) is 21. The van der Waals surface area contributed by atoms with E-state index in [4.69, 9.17) is 69.1 Å². The Morgan fingerprint density at radius 2 is 0.269 bits per heavy atom. The highest BCUT2D eigenvalue weighted by Gasteiger charge is 2.49. The van der Waals surface area contributed by atoms with E-state index in [0.29, 0.717) is 69.0 Å². The van der Waals surface area contributed by atoms with Gasteiger partial charge in [0.15, 0.2) is 0 Å². The van der Waals surface area contributed by atoms with Gasteiger partial charge in [-0.2, -0.15) is 31.6 Å². The number of rotatable bonds is 30. The normalized spacial score (nSPS) is 12.5. The molecule has 13 rings (SSSR count). The quantitative estimate of drug-likeness (QED) is 0.0378. The van der Waals surface area contributed by atoms with Crippen LogP contribution in [0.4, 0.5) is 0 Å². The summed E-state index contributed by atoms with van der Waals surface area (Å²) in [5, 5.41) is 56.1. The van der Waals surface area contributed by atoms with Gasteiger partial charge >= 0.3 is 23.0 Å². The molecule has 1 aliphatic heterocycles.